The molecule has 2 aliphatic heterocycles. The fraction of sp³-hybridized carbons (Fsp3) is 0.562. The van der Waals surface area contributed by atoms with Crippen LogP contribution in [0.4, 0.5) is 0 Å². The molecule has 0 aromatic heterocycles. The van der Waals surface area contributed by atoms with Gasteiger partial charge in [0.15, 0.2) is 0 Å². The van der Waals surface area contributed by atoms with Crippen LogP contribution in [-0.4, -0.2) is 43.2 Å². The van der Waals surface area contributed by atoms with Gasteiger partial charge in [-0.05, 0) is 42.6 Å². The summed E-state index contributed by atoms with van der Waals surface area (Å²) in [6, 6.07) is 6.14. The number of hydrogen-bond donors (Lipinski definition) is 1. The minimum Gasteiger partial charge on any atom is -0.375 e. The molecule has 1 aromatic rings. The van der Waals surface area contributed by atoms with Gasteiger partial charge in [0.05, 0.1) is 12.7 Å². The number of carbonyl (C=O) groups is 1. The van der Waals surface area contributed by atoms with Crippen LogP contribution in [0.25, 0.3) is 0 Å². The van der Waals surface area contributed by atoms with Crippen LogP contribution in [0.15, 0.2) is 18.2 Å². The number of morpholine rings is 1. The molecule has 4 nitrogen and oxygen atoms in total. The number of ether oxygens (including phenoxy) is 1. The smallest absolute Gasteiger partial charge is 0.254 e. The van der Waals surface area contributed by atoms with Gasteiger partial charge in [0.1, 0.15) is 0 Å². The standard InChI is InChI=1S/C16H22N2O2/c1-2-15-11-18(7-8-20-15)16(19)13-4-3-12-5-6-17-10-14(12)9-13/h3-4,9,15,17H,2,5-8,10-11H2,1H3. The highest BCUT2D eigenvalue weighted by molar-refractivity contribution is 5.94. The van der Waals surface area contributed by atoms with Crippen LogP contribution in [0.3, 0.4) is 0 Å². The molecule has 20 heavy (non-hydrogen) atoms. The molecule has 0 radical (unpaired) electrons. The van der Waals surface area contributed by atoms with Crippen molar-refractivity contribution in [3.63, 3.8) is 0 Å². The fourth-order valence-corrected chi connectivity index (χ4v) is 2.95. The van der Waals surface area contributed by atoms with Crippen molar-refractivity contribution in [2.45, 2.75) is 32.4 Å². The molecule has 1 aromatic carbocycles. The van der Waals surface area contributed by atoms with E-state index in [-0.39, 0.29) is 12.0 Å². The number of rotatable bonds is 2. The molecule has 0 aliphatic carbocycles. The predicted octanol–water partition coefficient (Wildman–Crippen LogP) is 1.58. The molecule has 1 fully saturated rings. The molecule has 2 heterocycles. The van der Waals surface area contributed by atoms with Gasteiger partial charge >= 0.3 is 0 Å². The Morgan fingerprint density at radius 2 is 2.35 bits per heavy atom. The van der Waals surface area contributed by atoms with E-state index in [1.54, 1.807) is 0 Å². The average Bonchev–Trinajstić information content (AvgIpc) is 2.53. The Labute approximate surface area is 120 Å². The van der Waals surface area contributed by atoms with E-state index < -0.39 is 0 Å². The van der Waals surface area contributed by atoms with Crippen molar-refractivity contribution in [1.29, 1.82) is 0 Å². The quantitative estimate of drug-likeness (QED) is 0.890. The zero-order valence-electron chi connectivity index (χ0n) is 12.0. The Morgan fingerprint density at radius 1 is 1.45 bits per heavy atom. The first kappa shape index (κ1) is 13.6. The summed E-state index contributed by atoms with van der Waals surface area (Å²) in [6.07, 6.45) is 2.20. The highest BCUT2D eigenvalue weighted by Gasteiger charge is 2.24. The molecule has 1 N–H and O–H groups in total. The van der Waals surface area contributed by atoms with Crippen molar-refractivity contribution < 1.29 is 9.53 Å². The average molecular weight is 274 g/mol. The van der Waals surface area contributed by atoms with Crippen molar-refractivity contribution in [3.05, 3.63) is 34.9 Å². The fourth-order valence-electron chi connectivity index (χ4n) is 2.95. The Kier molecular flexibility index (Phi) is 4.03. The molecular weight excluding hydrogens is 252 g/mol. The number of amides is 1. The number of nitrogens with one attached hydrogen (secondary N) is 1. The highest BCUT2D eigenvalue weighted by atomic mass is 16.5. The lowest BCUT2D eigenvalue weighted by atomic mass is 9.98. The first-order valence-electron chi connectivity index (χ1n) is 7.51. The van der Waals surface area contributed by atoms with Gasteiger partial charge in [-0.15, -0.1) is 0 Å². The molecular formula is C16H22N2O2. The second-order valence-corrected chi connectivity index (χ2v) is 5.56. The number of nitrogens with zero attached hydrogens (tertiary/aromatic N) is 1. The summed E-state index contributed by atoms with van der Waals surface area (Å²) < 4.78 is 5.63. The third-order valence-corrected chi connectivity index (χ3v) is 4.22. The minimum absolute atomic E-state index is 0.139. The van der Waals surface area contributed by atoms with Gasteiger partial charge in [0.2, 0.25) is 0 Å². The number of fused-ring (bicyclic) bond motifs is 1. The Bertz CT molecular complexity index is 501. The van der Waals surface area contributed by atoms with Crippen LogP contribution in [0.2, 0.25) is 0 Å². The normalized spacial score (nSPS) is 22.4. The van der Waals surface area contributed by atoms with Crippen LogP contribution >= 0.6 is 0 Å². The third-order valence-electron chi connectivity index (χ3n) is 4.22. The molecule has 1 unspecified atom stereocenters. The van der Waals surface area contributed by atoms with E-state index in [1.165, 1.54) is 11.1 Å². The van der Waals surface area contributed by atoms with Gasteiger partial charge in [-0.1, -0.05) is 13.0 Å². The van der Waals surface area contributed by atoms with Crippen LogP contribution in [0, 0.1) is 0 Å². The Hall–Kier alpha value is -1.39. The lowest BCUT2D eigenvalue weighted by Gasteiger charge is -2.32. The summed E-state index contributed by atoms with van der Waals surface area (Å²) >= 11 is 0. The number of benzene rings is 1. The van der Waals surface area contributed by atoms with Crippen LogP contribution in [0.1, 0.15) is 34.8 Å². The Morgan fingerprint density at radius 3 is 3.20 bits per heavy atom. The maximum absolute atomic E-state index is 12.6. The van der Waals surface area contributed by atoms with Gasteiger partial charge in [-0.25, -0.2) is 0 Å². The van der Waals surface area contributed by atoms with Gasteiger partial charge in [0.25, 0.3) is 5.91 Å². The van der Waals surface area contributed by atoms with Gasteiger partial charge in [0, 0.05) is 25.2 Å². The van der Waals surface area contributed by atoms with E-state index in [9.17, 15) is 4.79 Å². The maximum Gasteiger partial charge on any atom is 0.254 e. The number of carbonyl (C=O) groups excluding carboxylic acids is 1. The van der Waals surface area contributed by atoms with E-state index in [0.717, 1.165) is 31.5 Å². The van der Waals surface area contributed by atoms with Crippen molar-refractivity contribution in [2.24, 2.45) is 0 Å². The van der Waals surface area contributed by atoms with E-state index in [0.29, 0.717) is 19.7 Å². The van der Waals surface area contributed by atoms with Crippen LogP contribution < -0.4 is 5.32 Å². The summed E-state index contributed by atoms with van der Waals surface area (Å²) in [5.74, 6) is 0.139. The molecule has 0 spiro atoms. The molecule has 108 valence electrons. The van der Waals surface area contributed by atoms with E-state index >= 15 is 0 Å². The first-order valence-corrected chi connectivity index (χ1v) is 7.51. The SMILES string of the molecule is CCC1CN(C(=O)c2ccc3c(c2)CNCC3)CCO1. The predicted molar refractivity (Wildman–Crippen MR) is 77.8 cm³/mol. The van der Waals surface area contributed by atoms with Crippen molar-refractivity contribution in [3.8, 4) is 0 Å². The van der Waals surface area contributed by atoms with Gasteiger partial charge < -0.3 is 15.0 Å². The molecule has 1 amide bonds. The summed E-state index contributed by atoms with van der Waals surface area (Å²) in [6.45, 7) is 6.06. The largest absolute Gasteiger partial charge is 0.375 e. The van der Waals surface area contributed by atoms with Crippen molar-refractivity contribution in [1.82, 2.24) is 10.2 Å². The first-order chi connectivity index (χ1) is 9.78. The topological polar surface area (TPSA) is 41.6 Å². The highest BCUT2D eigenvalue weighted by Crippen LogP contribution is 2.18. The monoisotopic (exact) mass is 274 g/mol. The molecule has 1 saturated heterocycles. The van der Waals surface area contributed by atoms with Crippen molar-refractivity contribution >= 4 is 5.91 Å². The Balaban J connectivity index is 1.76. The van der Waals surface area contributed by atoms with E-state index in [1.807, 2.05) is 11.0 Å². The third kappa shape index (κ3) is 2.72. The molecule has 3 rings (SSSR count). The molecule has 1 atom stereocenters. The minimum atomic E-state index is 0.139. The second kappa shape index (κ2) is 5.94. The summed E-state index contributed by atoms with van der Waals surface area (Å²) in [4.78, 5) is 14.5. The lowest BCUT2D eigenvalue weighted by molar-refractivity contribution is -0.0226. The maximum atomic E-state index is 12.6. The molecule has 0 bridgehead atoms. The van der Waals surface area contributed by atoms with E-state index in [4.69, 9.17) is 4.74 Å². The van der Waals surface area contributed by atoms with Gasteiger partial charge in [-0.2, -0.15) is 0 Å². The summed E-state index contributed by atoms with van der Waals surface area (Å²) in [7, 11) is 0. The lowest BCUT2D eigenvalue weighted by Crippen LogP contribution is -2.45. The van der Waals surface area contributed by atoms with E-state index in [2.05, 4.69) is 24.4 Å². The van der Waals surface area contributed by atoms with Crippen LogP contribution in [-0.2, 0) is 17.7 Å². The van der Waals surface area contributed by atoms with Crippen molar-refractivity contribution in [2.75, 3.05) is 26.2 Å². The van der Waals surface area contributed by atoms with Gasteiger partial charge in [-0.3, -0.25) is 4.79 Å². The number of hydrogen-bond acceptors (Lipinski definition) is 3. The summed E-state index contributed by atoms with van der Waals surface area (Å²) in [5.41, 5.74) is 3.44. The zero-order chi connectivity index (χ0) is 13.9. The zero-order valence-corrected chi connectivity index (χ0v) is 12.0. The van der Waals surface area contributed by atoms with Crippen LogP contribution in [0.5, 0.6) is 0 Å². The summed E-state index contributed by atoms with van der Waals surface area (Å²) in [5, 5.41) is 3.36. The molecule has 0 saturated carbocycles. The molecule has 4 heteroatoms. The molecule has 2 aliphatic rings. The second-order valence-electron chi connectivity index (χ2n) is 5.56.